The number of benzene rings is 3. The summed E-state index contributed by atoms with van der Waals surface area (Å²) in [5, 5.41) is 17.2. The van der Waals surface area contributed by atoms with Crippen LogP contribution in [0.2, 0.25) is 15.1 Å². The first-order valence-electron chi connectivity index (χ1n) is 10.5. The molecule has 1 heterocycles. The quantitative estimate of drug-likeness (QED) is 0.127. The highest BCUT2D eigenvalue weighted by molar-refractivity contribution is 9.10. The number of aromatic nitrogens is 2. The first-order chi connectivity index (χ1) is 17.2. The summed E-state index contributed by atoms with van der Waals surface area (Å²) in [6.07, 6.45) is 1.71. The standard InChI is InChI=1S/C24H16BrCl3N4O4/c1-2-22-30-20-6-4-15(25)9-17(20)24(33)31(22)29-11-14-8-16(26)10-21(32(34)35)23(14)36-12-13-3-5-18(27)19(28)7-13/h3-11H,2,12H2,1H3. The summed E-state index contributed by atoms with van der Waals surface area (Å²) in [5.41, 5.74) is 0.648. The zero-order valence-electron chi connectivity index (χ0n) is 18.5. The van der Waals surface area contributed by atoms with Crippen LogP contribution >= 0.6 is 50.7 Å². The van der Waals surface area contributed by atoms with Gasteiger partial charge in [0, 0.05) is 27.5 Å². The maximum atomic E-state index is 13.2. The molecule has 0 aliphatic heterocycles. The van der Waals surface area contributed by atoms with Crippen LogP contribution in [0.15, 0.2) is 62.9 Å². The Bertz CT molecular complexity index is 1590. The fraction of sp³-hybridized carbons (Fsp3) is 0.125. The molecule has 1 aromatic heterocycles. The lowest BCUT2D eigenvalue weighted by Crippen LogP contribution is -2.22. The molecule has 0 aliphatic carbocycles. The molecular formula is C24H16BrCl3N4O4. The summed E-state index contributed by atoms with van der Waals surface area (Å²) in [5.74, 6) is 0.350. The van der Waals surface area contributed by atoms with Crippen molar-refractivity contribution in [3.63, 3.8) is 0 Å². The Labute approximate surface area is 228 Å². The summed E-state index contributed by atoms with van der Waals surface area (Å²) < 4.78 is 7.70. The molecule has 0 atom stereocenters. The van der Waals surface area contributed by atoms with Crippen molar-refractivity contribution in [3.8, 4) is 5.75 Å². The van der Waals surface area contributed by atoms with Crippen LogP contribution in [-0.2, 0) is 13.0 Å². The van der Waals surface area contributed by atoms with Crippen LogP contribution in [0.1, 0.15) is 23.9 Å². The van der Waals surface area contributed by atoms with Crippen molar-refractivity contribution >= 4 is 73.5 Å². The zero-order valence-corrected chi connectivity index (χ0v) is 22.4. The number of fused-ring (bicyclic) bond motifs is 1. The average Bonchev–Trinajstić information content (AvgIpc) is 2.84. The number of hydrogen-bond donors (Lipinski definition) is 0. The van der Waals surface area contributed by atoms with Crippen LogP contribution < -0.4 is 10.3 Å². The third-order valence-electron chi connectivity index (χ3n) is 5.13. The number of rotatable bonds is 7. The smallest absolute Gasteiger partial charge is 0.313 e. The molecule has 3 aromatic carbocycles. The number of nitrogens with zero attached hydrogens (tertiary/aromatic N) is 4. The van der Waals surface area contributed by atoms with Gasteiger partial charge < -0.3 is 4.74 Å². The van der Waals surface area contributed by atoms with Gasteiger partial charge in [-0.25, -0.2) is 4.98 Å². The van der Waals surface area contributed by atoms with E-state index >= 15 is 0 Å². The van der Waals surface area contributed by atoms with Gasteiger partial charge in [0.15, 0.2) is 0 Å². The van der Waals surface area contributed by atoms with Crippen LogP contribution in [0.25, 0.3) is 10.9 Å². The van der Waals surface area contributed by atoms with Gasteiger partial charge in [0.2, 0.25) is 5.75 Å². The Kier molecular flexibility index (Phi) is 7.94. The number of nitro groups is 1. The van der Waals surface area contributed by atoms with Crippen LogP contribution in [0.4, 0.5) is 5.69 Å². The van der Waals surface area contributed by atoms with E-state index in [2.05, 4.69) is 26.0 Å². The van der Waals surface area contributed by atoms with Crippen LogP contribution in [-0.4, -0.2) is 20.8 Å². The summed E-state index contributed by atoms with van der Waals surface area (Å²) in [6, 6.07) is 12.7. The lowest BCUT2D eigenvalue weighted by molar-refractivity contribution is -0.385. The molecule has 0 bridgehead atoms. The molecule has 0 N–H and O–H groups in total. The number of ether oxygens (including phenoxy) is 1. The van der Waals surface area contributed by atoms with Crippen molar-refractivity contribution in [2.24, 2.45) is 5.10 Å². The lowest BCUT2D eigenvalue weighted by Gasteiger charge is -2.12. The maximum absolute atomic E-state index is 13.2. The third-order valence-corrected chi connectivity index (χ3v) is 6.58. The third kappa shape index (κ3) is 5.54. The van der Waals surface area contributed by atoms with Gasteiger partial charge in [-0.1, -0.05) is 63.7 Å². The monoisotopic (exact) mass is 608 g/mol. The second kappa shape index (κ2) is 11.0. The normalized spacial score (nSPS) is 11.4. The van der Waals surface area contributed by atoms with E-state index in [1.807, 2.05) is 6.92 Å². The number of hydrogen-bond acceptors (Lipinski definition) is 6. The van der Waals surface area contributed by atoms with Gasteiger partial charge in [0.05, 0.1) is 32.1 Å². The van der Waals surface area contributed by atoms with E-state index < -0.39 is 4.92 Å². The summed E-state index contributed by atoms with van der Waals surface area (Å²) in [6.45, 7) is 1.81. The van der Waals surface area contributed by atoms with Gasteiger partial charge in [0.1, 0.15) is 12.4 Å². The minimum absolute atomic E-state index is 0.0358. The SMILES string of the molecule is CCc1nc2ccc(Br)cc2c(=O)n1N=Cc1cc(Cl)cc([N+](=O)[O-])c1OCc1ccc(Cl)c(Cl)c1. The number of aryl methyl sites for hydroxylation is 1. The molecule has 36 heavy (non-hydrogen) atoms. The Morgan fingerprint density at radius 1 is 1.14 bits per heavy atom. The molecule has 0 saturated heterocycles. The molecule has 0 fully saturated rings. The molecule has 0 amide bonds. The molecule has 0 aliphatic rings. The van der Waals surface area contributed by atoms with Gasteiger partial charge >= 0.3 is 5.69 Å². The summed E-state index contributed by atoms with van der Waals surface area (Å²) >= 11 is 21.5. The molecular weight excluding hydrogens is 595 g/mol. The van der Waals surface area contributed by atoms with Gasteiger partial charge in [-0.2, -0.15) is 9.78 Å². The molecule has 8 nitrogen and oxygen atoms in total. The summed E-state index contributed by atoms with van der Waals surface area (Å²) in [7, 11) is 0. The highest BCUT2D eigenvalue weighted by Crippen LogP contribution is 2.35. The molecule has 4 rings (SSSR count). The fourth-order valence-corrected chi connectivity index (χ4v) is 4.34. The van der Waals surface area contributed by atoms with Crippen LogP contribution in [0, 0.1) is 10.1 Å². The Hall–Kier alpha value is -2.98. The Morgan fingerprint density at radius 3 is 2.61 bits per heavy atom. The van der Waals surface area contributed by atoms with E-state index in [4.69, 9.17) is 39.5 Å². The van der Waals surface area contributed by atoms with E-state index in [9.17, 15) is 14.9 Å². The van der Waals surface area contributed by atoms with Gasteiger partial charge in [-0.05, 0) is 42.0 Å². The fourth-order valence-electron chi connectivity index (χ4n) is 3.44. The van der Waals surface area contributed by atoms with E-state index in [0.29, 0.717) is 38.8 Å². The molecule has 0 spiro atoms. The Morgan fingerprint density at radius 2 is 1.92 bits per heavy atom. The van der Waals surface area contributed by atoms with Crippen molar-refractivity contribution in [1.29, 1.82) is 0 Å². The van der Waals surface area contributed by atoms with Crippen molar-refractivity contribution in [2.75, 3.05) is 0 Å². The largest absolute Gasteiger partial charge is 0.481 e. The van der Waals surface area contributed by atoms with Crippen molar-refractivity contribution < 1.29 is 9.66 Å². The van der Waals surface area contributed by atoms with Crippen LogP contribution in [0.3, 0.4) is 0 Å². The van der Waals surface area contributed by atoms with Crippen molar-refractivity contribution in [3.05, 3.63) is 105 Å². The zero-order chi connectivity index (χ0) is 26.0. The van der Waals surface area contributed by atoms with E-state index in [-0.39, 0.29) is 34.2 Å². The average molecular weight is 611 g/mol. The van der Waals surface area contributed by atoms with Crippen LogP contribution in [0.5, 0.6) is 5.75 Å². The van der Waals surface area contributed by atoms with Gasteiger partial charge in [-0.15, -0.1) is 0 Å². The highest BCUT2D eigenvalue weighted by Gasteiger charge is 2.21. The molecule has 4 aromatic rings. The molecule has 12 heteroatoms. The maximum Gasteiger partial charge on any atom is 0.313 e. The van der Waals surface area contributed by atoms with E-state index in [1.54, 1.807) is 36.4 Å². The minimum atomic E-state index is -0.605. The second-order valence-electron chi connectivity index (χ2n) is 7.54. The minimum Gasteiger partial charge on any atom is -0.481 e. The second-order valence-corrected chi connectivity index (χ2v) is 9.71. The first-order valence-corrected chi connectivity index (χ1v) is 12.4. The van der Waals surface area contributed by atoms with Gasteiger partial charge in [-0.3, -0.25) is 14.9 Å². The number of nitro benzene ring substituents is 1. The van der Waals surface area contributed by atoms with Crippen molar-refractivity contribution in [1.82, 2.24) is 9.66 Å². The molecule has 0 unspecified atom stereocenters. The first kappa shape index (κ1) is 26.1. The summed E-state index contributed by atoms with van der Waals surface area (Å²) in [4.78, 5) is 28.9. The van der Waals surface area contributed by atoms with E-state index in [1.165, 1.54) is 18.3 Å². The molecule has 0 saturated carbocycles. The lowest BCUT2D eigenvalue weighted by atomic mass is 10.2. The Balaban J connectivity index is 1.79. The predicted octanol–water partition coefficient (Wildman–Crippen LogP) is 7.05. The number of halogens is 4. The highest BCUT2D eigenvalue weighted by atomic mass is 79.9. The van der Waals surface area contributed by atoms with Gasteiger partial charge in [0.25, 0.3) is 5.56 Å². The topological polar surface area (TPSA) is 99.6 Å². The molecule has 184 valence electrons. The predicted molar refractivity (Wildman–Crippen MR) is 145 cm³/mol. The van der Waals surface area contributed by atoms with Crippen molar-refractivity contribution in [2.45, 2.75) is 20.0 Å². The molecule has 0 radical (unpaired) electrons. The van der Waals surface area contributed by atoms with E-state index in [0.717, 1.165) is 9.15 Å².